The van der Waals surface area contributed by atoms with Gasteiger partial charge in [-0.25, -0.2) is 0 Å². The molecule has 0 saturated carbocycles. The summed E-state index contributed by atoms with van der Waals surface area (Å²) in [4.78, 5) is 33.7. The van der Waals surface area contributed by atoms with Crippen molar-refractivity contribution in [2.75, 3.05) is 0 Å². The largest absolute Gasteiger partial charge is 0.330 e. The number of nitro benzene ring substituents is 1. The van der Waals surface area contributed by atoms with Crippen molar-refractivity contribution in [2.24, 2.45) is 0 Å². The topological polar surface area (TPSA) is 101 Å². The van der Waals surface area contributed by atoms with Crippen LogP contribution in [-0.4, -0.2) is 16.7 Å². The zero-order valence-corrected chi connectivity index (χ0v) is 13.1. The maximum atomic E-state index is 11.5. The lowest BCUT2D eigenvalue weighted by molar-refractivity contribution is -0.385. The van der Waals surface area contributed by atoms with Gasteiger partial charge in [-0.2, -0.15) is 0 Å². The number of nitrogens with zero attached hydrogens (tertiary/aromatic N) is 1. The SMILES string of the molecule is CC(=O)NC1(NC(C)=O)CCc2c([N+](=O)[O-])cc(Br)cc21. The first-order valence-corrected chi connectivity index (χ1v) is 7.09. The highest BCUT2D eigenvalue weighted by molar-refractivity contribution is 9.10. The molecule has 2 N–H and O–H groups in total. The molecule has 0 saturated heterocycles. The summed E-state index contributed by atoms with van der Waals surface area (Å²) in [6, 6.07) is 3.12. The standard InChI is InChI=1S/C13H14BrN3O4/c1-7(18)15-13(16-8(2)19)4-3-10-11(13)5-9(14)6-12(10)17(20)21/h5-6H,3-4H2,1-2H3,(H,15,18)(H,16,19). The monoisotopic (exact) mass is 355 g/mol. The van der Waals surface area contributed by atoms with Crippen molar-refractivity contribution in [1.82, 2.24) is 10.6 Å². The third-order valence-corrected chi connectivity index (χ3v) is 3.83. The molecular weight excluding hydrogens is 342 g/mol. The Bertz CT molecular complexity index is 629. The number of halogens is 1. The van der Waals surface area contributed by atoms with E-state index in [-0.39, 0.29) is 17.5 Å². The Kier molecular flexibility index (Phi) is 3.99. The number of hydrogen-bond donors (Lipinski definition) is 2. The van der Waals surface area contributed by atoms with Crippen molar-refractivity contribution in [3.05, 3.63) is 37.8 Å². The molecule has 7 nitrogen and oxygen atoms in total. The highest BCUT2D eigenvalue weighted by Crippen LogP contribution is 2.41. The van der Waals surface area contributed by atoms with Crippen LogP contribution in [0.1, 0.15) is 31.4 Å². The number of carbonyl (C=O) groups is 2. The maximum Gasteiger partial charge on any atom is 0.274 e. The van der Waals surface area contributed by atoms with Gasteiger partial charge >= 0.3 is 0 Å². The molecule has 21 heavy (non-hydrogen) atoms. The van der Waals surface area contributed by atoms with Crippen LogP contribution in [0, 0.1) is 10.1 Å². The fraction of sp³-hybridized carbons (Fsp3) is 0.385. The summed E-state index contributed by atoms with van der Waals surface area (Å²) in [6.07, 6.45) is 0.776. The van der Waals surface area contributed by atoms with Crippen molar-refractivity contribution in [1.29, 1.82) is 0 Å². The molecule has 2 rings (SSSR count). The molecular formula is C13H14BrN3O4. The van der Waals surface area contributed by atoms with Crippen molar-refractivity contribution in [2.45, 2.75) is 32.4 Å². The number of benzene rings is 1. The van der Waals surface area contributed by atoms with Crippen LogP contribution in [0.3, 0.4) is 0 Å². The molecule has 112 valence electrons. The van der Waals surface area contributed by atoms with Crippen molar-refractivity contribution < 1.29 is 14.5 Å². The van der Waals surface area contributed by atoms with Crippen LogP contribution < -0.4 is 10.6 Å². The van der Waals surface area contributed by atoms with Crippen LogP contribution in [0.2, 0.25) is 0 Å². The van der Waals surface area contributed by atoms with Gasteiger partial charge in [-0.15, -0.1) is 0 Å². The van der Waals surface area contributed by atoms with Gasteiger partial charge in [-0.1, -0.05) is 15.9 Å². The second-order valence-electron chi connectivity index (χ2n) is 4.98. The van der Waals surface area contributed by atoms with E-state index in [2.05, 4.69) is 26.6 Å². The Hall–Kier alpha value is -1.96. The summed E-state index contributed by atoms with van der Waals surface area (Å²) in [5.41, 5.74) is -0.0294. The van der Waals surface area contributed by atoms with Crippen molar-refractivity contribution in [3.8, 4) is 0 Å². The highest BCUT2D eigenvalue weighted by Gasteiger charge is 2.43. The number of fused-ring (bicyclic) bond motifs is 1. The minimum atomic E-state index is -1.10. The molecule has 0 unspecified atom stereocenters. The predicted octanol–water partition coefficient (Wildman–Crippen LogP) is 1.73. The Labute approximate surface area is 129 Å². The van der Waals surface area contributed by atoms with E-state index in [0.717, 1.165) is 0 Å². The van der Waals surface area contributed by atoms with Crippen LogP contribution in [-0.2, 0) is 21.7 Å². The van der Waals surface area contributed by atoms with Gasteiger partial charge in [-0.3, -0.25) is 19.7 Å². The Morgan fingerprint density at radius 1 is 1.29 bits per heavy atom. The Morgan fingerprint density at radius 2 is 1.86 bits per heavy atom. The quantitative estimate of drug-likeness (QED) is 0.489. The second-order valence-corrected chi connectivity index (χ2v) is 5.89. The van der Waals surface area contributed by atoms with E-state index in [9.17, 15) is 19.7 Å². The number of rotatable bonds is 3. The Morgan fingerprint density at radius 3 is 2.33 bits per heavy atom. The summed E-state index contributed by atoms with van der Waals surface area (Å²) in [7, 11) is 0. The number of nitrogens with one attached hydrogen (secondary N) is 2. The molecule has 0 bridgehead atoms. The molecule has 0 heterocycles. The Balaban J connectivity index is 2.62. The predicted molar refractivity (Wildman–Crippen MR) is 78.4 cm³/mol. The lowest BCUT2D eigenvalue weighted by Gasteiger charge is -2.32. The minimum Gasteiger partial charge on any atom is -0.330 e. The first-order valence-electron chi connectivity index (χ1n) is 6.30. The average molecular weight is 356 g/mol. The fourth-order valence-electron chi connectivity index (χ4n) is 2.77. The summed E-state index contributed by atoms with van der Waals surface area (Å²) in [5.74, 6) is -0.640. The van der Waals surface area contributed by atoms with Gasteiger partial charge in [0, 0.05) is 35.5 Å². The smallest absolute Gasteiger partial charge is 0.274 e. The first-order chi connectivity index (χ1) is 9.75. The van der Waals surface area contributed by atoms with Gasteiger partial charge in [0.2, 0.25) is 11.8 Å². The zero-order valence-electron chi connectivity index (χ0n) is 11.5. The number of carbonyl (C=O) groups excluding carboxylic acids is 2. The molecule has 0 atom stereocenters. The second kappa shape index (κ2) is 5.44. The molecule has 2 amide bonds. The molecule has 0 radical (unpaired) electrons. The lowest BCUT2D eigenvalue weighted by atomic mass is 10.00. The fourth-order valence-corrected chi connectivity index (χ4v) is 3.21. The average Bonchev–Trinajstić information content (AvgIpc) is 2.65. The molecule has 8 heteroatoms. The van der Waals surface area contributed by atoms with Crippen LogP contribution in [0.4, 0.5) is 5.69 Å². The minimum absolute atomic E-state index is 0.0167. The molecule has 1 aromatic carbocycles. The molecule has 1 aromatic rings. The molecule has 1 aliphatic carbocycles. The molecule has 1 aliphatic rings. The summed E-state index contributed by atoms with van der Waals surface area (Å²) in [5, 5.41) is 16.6. The van der Waals surface area contributed by atoms with E-state index < -0.39 is 10.6 Å². The zero-order chi connectivity index (χ0) is 15.8. The lowest BCUT2D eigenvalue weighted by Crippen LogP contribution is -2.55. The molecule has 0 spiro atoms. The third kappa shape index (κ3) is 2.90. The van der Waals surface area contributed by atoms with E-state index in [1.807, 2.05) is 0 Å². The molecule has 0 aromatic heterocycles. The first kappa shape index (κ1) is 15.4. The van der Waals surface area contributed by atoms with Gasteiger partial charge in [0.15, 0.2) is 0 Å². The van der Waals surface area contributed by atoms with E-state index in [0.29, 0.717) is 28.4 Å². The summed E-state index contributed by atoms with van der Waals surface area (Å²) in [6.45, 7) is 2.68. The molecule has 0 fully saturated rings. The summed E-state index contributed by atoms with van der Waals surface area (Å²) < 4.78 is 0.523. The number of nitro groups is 1. The highest BCUT2D eigenvalue weighted by atomic mass is 79.9. The number of hydrogen-bond acceptors (Lipinski definition) is 4. The van der Waals surface area contributed by atoms with Crippen LogP contribution in [0.25, 0.3) is 0 Å². The van der Waals surface area contributed by atoms with E-state index in [1.165, 1.54) is 19.9 Å². The van der Waals surface area contributed by atoms with E-state index in [1.54, 1.807) is 6.07 Å². The van der Waals surface area contributed by atoms with Crippen molar-refractivity contribution >= 4 is 33.4 Å². The van der Waals surface area contributed by atoms with Gasteiger partial charge in [-0.05, 0) is 18.9 Å². The van der Waals surface area contributed by atoms with Gasteiger partial charge in [0.25, 0.3) is 5.69 Å². The van der Waals surface area contributed by atoms with Gasteiger partial charge in [0.1, 0.15) is 5.66 Å². The van der Waals surface area contributed by atoms with E-state index in [4.69, 9.17) is 0 Å². The van der Waals surface area contributed by atoms with E-state index >= 15 is 0 Å². The van der Waals surface area contributed by atoms with Crippen molar-refractivity contribution in [3.63, 3.8) is 0 Å². The van der Waals surface area contributed by atoms with Gasteiger partial charge in [0.05, 0.1) is 4.92 Å². The van der Waals surface area contributed by atoms with Gasteiger partial charge < -0.3 is 10.6 Å². The van der Waals surface area contributed by atoms with Crippen LogP contribution >= 0.6 is 15.9 Å². The van der Waals surface area contributed by atoms with Crippen LogP contribution in [0.15, 0.2) is 16.6 Å². The number of amides is 2. The normalized spacial score (nSPS) is 15.2. The summed E-state index contributed by atoms with van der Waals surface area (Å²) >= 11 is 3.24. The van der Waals surface area contributed by atoms with Crippen LogP contribution in [0.5, 0.6) is 0 Å². The maximum absolute atomic E-state index is 11.5. The molecule has 0 aliphatic heterocycles. The third-order valence-electron chi connectivity index (χ3n) is 3.38.